The van der Waals surface area contributed by atoms with Crippen LogP contribution in [0, 0.1) is 11.8 Å². The molecule has 0 saturated carbocycles. The Bertz CT molecular complexity index is 341. The molecule has 0 aliphatic heterocycles. The Morgan fingerprint density at radius 2 is 1.53 bits per heavy atom. The number of nitrogens with two attached hydrogens (primary N) is 2. The molecule has 0 fully saturated rings. The second-order valence-electron chi connectivity index (χ2n) is 5.70. The fraction of sp³-hybridized carbons (Fsp3) is 0.833. The van der Waals surface area contributed by atoms with Crippen molar-refractivity contribution in [2.75, 3.05) is 0 Å². The molecule has 0 radical (unpaired) electrons. The summed E-state index contributed by atoms with van der Waals surface area (Å²) in [5, 5.41) is 18.8. The maximum Gasteiger partial charge on any atom is 0.363 e. The van der Waals surface area contributed by atoms with Crippen LogP contribution >= 0.6 is 0 Å². The molecule has 0 aromatic rings. The first-order chi connectivity index (χ1) is 8.40. The minimum atomic E-state index is -2.24. The summed E-state index contributed by atoms with van der Waals surface area (Å²) in [7, 11) is 0. The van der Waals surface area contributed by atoms with Crippen molar-refractivity contribution in [3.05, 3.63) is 0 Å². The van der Waals surface area contributed by atoms with E-state index in [1.165, 1.54) is 0 Å². The first-order valence-electron chi connectivity index (χ1n) is 6.17. The Balaban J connectivity index is 4.96. The zero-order chi connectivity index (χ0) is 15.4. The average molecular weight is 276 g/mol. The Kier molecular flexibility index (Phi) is 5.92. The minimum absolute atomic E-state index is 0.0524. The van der Waals surface area contributed by atoms with Gasteiger partial charge in [-0.25, -0.2) is 9.59 Å². The van der Waals surface area contributed by atoms with Crippen LogP contribution in [0.3, 0.4) is 0 Å². The van der Waals surface area contributed by atoms with Crippen LogP contribution in [0.25, 0.3) is 0 Å². The number of carbonyl (C=O) groups is 2. The summed E-state index contributed by atoms with van der Waals surface area (Å²) >= 11 is 0. The van der Waals surface area contributed by atoms with E-state index in [1.54, 1.807) is 27.7 Å². The lowest BCUT2D eigenvalue weighted by atomic mass is 9.99. The second-order valence-corrected chi connectivity index (χ2v) is 5.70. The van der Waals surface area contributed by atoms with Gasteiger partial charge in [0, 0.05) is 12.8 Å². The third-order valence-electron chi connectivity index (χ3n) is 2.42. The molecule has 19 heavy (non-hydrogen) atoms. The SMILES string of the molecule is CC(C)C[C@@](N)(OC(=O)[C@](N)(O)CC(C)C)C(=O)O. The number of hydrogen-bond donors (Lipinski definition) is 4. The van der Waals surface area contributed by atoms with Crippen LogP contribution in [0.1, 0.15) is 40.5 Å². The summed E-state index contributed by atoms with van der Waals surface area (Å²) in [5.74, 6) is -2.88. The molecule has 0 bridgehead atoms. The van der Waals surface area contributed by atoms with E-state index in [0.29, 0.717) is 0 Å². The lowest BCUT2D eigenvalue weighted by Gasteiger charge is -2.31. The van der Waals surface area contributed by atoms with E-state index < -0.39 is 23.4 Å². The Morgan fingerprint density at radius 1 is 1.11 bits per heavy atom. The molecule has 7 nitrogen and oxygen atoms in total. The van der Waals surface area contributed by atoms with E-state index in [4.69, 9.17) is 21.3 Å². The molecule has 0 rings (SSSR count). The molecule has 7 heteroatoms. The smallest absolute Gasteiger partial charge is 0.363 e. The minimum Gasteiger partial charge on any atom is -0.477 e. The van der Waals surface area contributed by atoms with E-state index in [-0.39, 0.29) is 24.7 Å². The van der Waals surface area contributed by atoms with Crippen LogP contribution < -0.4 is 11.5 Å². The summed E-state index contributed by atoms with van der Waals surface area (Å²) in [4.78, 5) is 22.9. The zero-order valence-corrected chi connectivity index (χ0v) is 11.8. The molecule has 0 spiro atoms. The third-order valence-corrected chi connectivity index (χ3v) is 2.42. The van der Waals surface area contributed by atoms with Gasteiger partial charge in [0.2, 0.25) is 5.72 Å². The molecular weight excluding hydrogens is 252 g/mol. The second kappa shape index (κ2) is 6.31. The summed E-state index contributed by atoms with van der Waals surface area (Å²) in [6, 6.07) is 0. The molecule has 6 N–H and O–H groups in total. The summed E-state index contributed by atoms with van der Waals surface area (Å²) < 4.78 is 4.74. The fourth-order valence-corrected chi connectivity index (χ4v) is 1.74. The van der Waals surface area contributed by atoms with E-state index in [0.717, 1.165) is 0 Å². The molecule has 0 aromatic heterocycles. The van der Waals surface area contributed by atoms with E-state index in [1.807, 2.05) is 0 Å². The maximum atomic E-state index is 11.8. The average Bonchev–Trinajstić information content (AvgIpc) is 2.13. The molecule has 2 atom stereocenters. The summed E-state index contributed by atoms with van der Waals surface area (Å²) in [6.45, 7) is 6.99. The Morgan fingerprint density at radius 3 is 1.84 bits per heavy atom. The number of carboxylic acid groups (broad SMARTS) is 1. The lowest BCUT2D eigenvalue weighted by molar-refractivity contribution is -0.194. The topological polar surface area (TPSA) is 136 Å². The Hall–Kier alpha value is -1.18. The van der Waals surface area contributed by atoms with Gasteiger partial charge < -0.3 is 14.9 Å². The number of carboxylic acids is 1. The molecule has 0 amide bonds. The summed E-state index contributed by atoms with van der Waals surface area (Å²) in [5.41, 5.74) is 6.56. The summed E-state index contributed by atoms with van der Waals surface area (Å²) in [6.07, 6.45) is -0.130. The number of esters is 1. The molecular formula is C12H24N2O5. The fourth-order valence-electron chi connectivity index (χ4n) is 1.74. The maximum absolute atomic E-state index is 11.8. The highest BCUT2D eigenvalue weighted by molar-refractivity contribution is 5.84. The number of aliphatic carboxylic acids is 1. The molecule has 0 aliphatic carbocycles. The van der Waals surface area contributed by atoms with Crippen molar-refractivity contribution in [3.8, 4) is 0 Å². The number of carbonyl (C=O) groups excluding carboxylic acids is 1. The highest BCUT2D eigenvalue weighted by Gasteiger charge is 2.44. The van der Waals surface area contributed by atoms with Gasteiger partial charge in [-0.1, -0.05) is 27.7 Å². The number of rotatable bonds is 7. The van der Waals surface area contributed by atoms with E-state index >= 15 is 0 Å². The quantitative estimate of drug-likeness (QED) is 0.380. The number of aliphatic hydroxyl groups is 1. The molecule has 0 aliphatic rings. The van der Waals surface area contributed by atoms with Crippen LogP contribution in [0.5, 0.6) is 0 Å². The van der Waals surface area contributed by atoms with Gasteiger partial charge in [0.15, 0.2) is 0 Å². The molecule has 0 aromatic carbocycles. The molecule has 0 heterocycles. The van der Waals surface area contributed by atoms with Gasteiger partial charge in [0.25, 0.3) is 5.72 Å². The third kappa shape index (κ3) is 5.54. The number of hydrogen-bond acceptors (Lipinski definition) is 6. The predicted molar refractivity (Wildman–Crippen MR) is 68.7 cm³/mol. The molecule has 112 valence electrons. The van der Waals surface area contributed by atoms with E-state index in [9.17, 15) is 14.7 Å². The highest BCUT2D eigenvalue weighted by atomic mass is 16.6. The Labute approximate surface area is 112 Å². The molecule has 0 saturated heterocycles. The van der Waals surface area contributed by atoms with Crippen LogP contribution in [0.4, 0.5) is 0 Å². The highest BCUT2D eigenvalue weighted by Crippen LogP contribution is 2.21. The van der Waals surface area contributed by atoms with Crippen molar-refractivity contribution in [2.45, 2.75) is 52.0 Å². The van der Waals surface area contributed by atoms with Gasteiger partial charge in [-0.15, -0.1) is 0 Å². The van der Waals surface area contributed by atoms with Crippen LogP contribution in [-0.4, -0.2) is 33.6 Å². The van der Waals surface area contributed by atoms with Crippen molar-refractivity contribution in [1.82, 2.24) is 0 Å². The normalized spacial score (nSPS) is 17.9. The lowest BCUT2D eigenvalue weighted by Crippen LogP contribution is -2.59. The van der Waals surface area contributed by atoms with Crippen molar-refractivity contribution in [1.29, 1.82) is 0 Å². The zero-order valence-electron chi connectivity index (χ0n) is 11.8. The monoisotopic (exact) mass is 276 g/mol. The first-order valence-corrected chi connectivity index (χ1v) is 6.17. The largest absolute Gasteiger partial charge is 0.477 e. The van der Waals surface area contributed by atoms with Crippen molar-refractivity contribution in [3.63, 3.8) is 0 Å². The van der Waals surface area contributed by atoms with Gasteiger partial charge >= 0.3 is 11.9 Å². The van der Waals surface area contributed by atoms with Crippen molar-refractivity contribution < 1.29 is 24.5 Å². The van der Waals surface area contributed by atoms with Crippen LogP contribution in [0.2, 0.25) is 0 Å². The van der Waals surface area contributed by atoms with Crippen LogP contribution in [0.15, 0.2) is 0 Å². The van der Waals surface area contributed by atoms with Crippen LogP contribution in [-0.2, 0) is 14.3 Å². The molecule has 0 unspecified atom stereocenters. The predicted octanol–water partition coefficient (Wildman–Crippen LogP) is 0.00870. The number of ether oxygens (including phenoxy) is 1. The standard InChI is InChI=1S/C12H24N2O5/c1-7(2)5-11(13,18)10(17)19-12(14,9(15)16)6-8(3)4/h7-8,18H,5-6,13-14H2,1-4H3,(H,15,16)/t11-,12-/m1/s1. The van der Waals surface area contributed by atoms with Gasteiger partial charge in [0.1, 0.15) is 0 Å². The van der Waals surface area contributed by atoms with E-state index in [2.05, 4.69) is 0 Å². The van der Waals surface area contributed by atoms with Gasteiger partial charge in [-0.2, -0.15) is 0 Å². The first kappa shape index (κ1) is 17.8. The van der Waals surface area contributed by atoms with Gasteiger partial charge in [-0.3, -0.25) is 11.5 Å². The van der Waals surface area contributed by atoms with Crippen molar-refractivity contribution >= 4 is 11.9 Å². The van der Waals surface area contributed by atoms with Crippen molar-refractivity contribution in [2.24, 2.45) is 23.3 Å². The van der Waals surface area contributed by atoms with Gasteiger partial charge in [0.05, 0.1) is 0 Å². The van der Waals surface area contributed by atoms with Gasteiger partial charge in [-0.05, 0) is 11.8 Å².